The molecule has 0 saturated heterocycles. The topological polar surface area (TPSA) is 125 Å². The fraction of sp³-hybridized carbons (Fsp3) is 0.483. The predicted octanol–water partition coefficient (Wildman–Crippen LogP) is 6.15. The summed E-state index contributed by atoms with van der Waals surface area (Å²) in [5.74, 6) is -4.86. The molecule has 0 unspecified atom stereocenters. The Hall–Kier alpha value is -3.17. The minimum Gasteiger partial charge on any atom is -0.481 e. The first-order valence-electron chi connectivity index (χ1n) is 14.1. The highest BCUT2D eigenvalue weighted by Gasteiger charge is 2.40. The van der Waals surface area contributed by atoms with Crippen molar-refractivity contribution in [3.05, 3.63) is 47.1 Å². The smallest absolute Gasteiger partial charge is 0.404 e. The summed E-state index contributed by atoms with van der Waals surface area (Å²) in [4.78, 5) is 29.0. The van der Waals surface area contributed by atoms with Crippen LogP contribution in [-0.4, -0.2) is 54.6 Å². The molecule has 0 bridgehead atoms. The van der Waals surface area contributed by atoms with E-state index in [0.29, 0.717) is 34.9 Å². The van der Waals surface area contributed by atoms with Gasteiger partial charge in [0, 0.05) is 29.8 Å². The average Bonchev–Trinajstić information content (AvgIpc) is 3.33. The van der Waals surface area contributed by atoms with E-state index in [1.54, 1.807) is 22.9 Å². The van der Waals surface area contributed by atoms with Crippen LogP contribution in [0.4, 0.5) is 22.0 Å². The second kappa shape index (κ2) is 12.0. The second-order valence-electron chi connectivity index (χ2n) is 11.5. The molecule has 2 aliphatic carbocycles. The van der Waals surface area contributed by atoms with Gasteiger partial charge in [-0.2, -0.15) is 17.9 Å². The molecule has 1 atom stereocenters. The predicted molar refractivity (Wildman–Crippen MR) is 153 cm³/mol. The monoisotopic (exact) mass is 659 g/mol. The highest BCUT2D eigenvalue weighted by Crippen LogP contribution is 2.42. The molecule has 8 nitrogen and oxygen atoms in total. The number of rotatable bonds is 9. The van der Waals surface area contributed by atoms with Crippen molar-refractivity contribution in [1.29, 1.82) is 0 Å². The Balaban J connectivity index is 1.52. The van der Waals surface area contributed by atoms with Crippen LogP contribution in [-0.2, 0) is 21.2 Å². The van der Waals surface area contributed by atoms with E-state index in [0.717, 1.165) is 11.3 Å². The zero-order valence-corrected chi connectivity index (χ0v) is 25.1. The molecule has 0 aliphatic heterocycles. The van der Waals surface area contributed by atoms with Crippen molar-refractivity contribution < 1.29 is 45.1 Å². The van der Waals surface area contributed by atoms with E-state index < -0.39 is 46.0 Å². The van der Waals surface area contributed by atoms with E-state index in [2.05, 4.69) is 10.3 Å². The Morgan fingerprint density at radius 2 is 1.73 bits per heavy atom. The second-order valence-corrected chi connectivity index (χ2v) is 14.2. The third kappa shape index (κ3) is 6.89. The molecule has 15 heteroatoms. The number of amides is 1. The van der Waals surface area contributed by atoms with Gasteiger partial charge in [-0.25, -0.2) is 22.2 Å². The van der Waals surface area contributed by atoms with Crippen LogP contribution in [0.15, 0.2) is 41.3 Å². The maximum atomic E-state index is 13.8. The Bertz CT molecular complexity index is 1680. The summed E-state index contributed by atoms with van der Waals surface area (Å²) in [5.41, 5.74) is 0.961. The zero-order valence-electron chi connectivity index (χ0n) is 23.5. The summed E-state index contributed by atoms with van der Waals surface area (Å²) in [6.07, 6.45) is -3.97. The van der Waals surface area contributed by atoms with Crippen molar-refractivity contribution in [1.82, 2.24) is 15.0 Å². The molecule has 3 N–H and O–H groups in total. The minimum absolute atomic E-state index is 0.0800. The molecule has 0 spiro atoms. The summed E-state index contributed by atoms with van der Waals surface area (Å²) in [6, 6.07) is 6.26. The molecule has 5 rings (SSSR count). The molecule has 1 aromatic heterocycles. The lowest BCUT2D eigenvalue weighted by Crippen LogP contribution is -2.46. The number of nitrogens with zero attached hydrogens (tertiary/aromatic N) is 1. The van der Waals surface area contributed by atoms with Gasteiger partial charge in [-0.3, -0.25) is 9.59 Å². The molecule has 2 saturated carbocycles. The number of hydrogen-bond acceptors (Lipinski definition) is 6. The lowest BCUT2D eigenvalue weighted by atomic mass is 9.80. The summed E-state index contributed by atoms with van der Waals surface area (Å²) < 4.78 is 95.0. The number of carboxylic acids is 1. The van der Waals surface area contributed by atoms with Gasteiger partial charge in [-0.1, -0.05) is 30.3 Å². The van der Waals surface area contributed by atoms with Crippen LogP contribution in [0, 0.1) is 11.8 Å². The summed E-state index contributed by atoms with van der Waals surface area (Å²) >= 11 is 1.03. The van der Waals surface area contributed by atoms with Gasteiger partial charge in [0.15, 0.2) is 5.01 Å². The Labute approximate surface area is 254 Å². The molecule has 1 heterocycles. The van der Waals surface area contributed by atoms with Gasteiger partial charge in [0.25, 0.3) is 5.91 Å². The number of sulfonamides is 1. The van der Waals surface area contributed by atoms with Crippen molar-refractivity contribution in [2.45, 2.75) is 80.9 Å². The van der Waals surface area contributed by atoms with Crippen molar-refractivity contribution in [3.8, 4) is 10.4 Å². The average molecular weight is 660 g/mol. The normalized spacial score (nSPS) is 21.5. The van der Waals surface area contributed by atoms with E-state index in [1.807, 2.05) is 0 Å². The highest BCUT2D eigenvalue weighted by atomic mass is 32.2. The van der Waals surface area contributed by atoms with Crippen LogP contribution in [0.25, 0.3) is 21.2 Å². The molecule has 2 aliphatic rings. The fourth-order valence-corrected chi connectivity index (χ4v) is 8.10. The number of aliphatic carboxylic acids is 1. The molecule has 1 amide bonds. The quantitative estimate of drug-likeness (QED) is 0.237. The number of nitrogens with one attached hydrogen (secondary N) is 2. The third-order valence-electron chi connectivity index (χ3n) is 8.27. The number of carbonyl (C=O) groups excluding carboxylic acids is 1. The van der Waals surface area contributed by atoms with Crippen molar-refractivity contribution in [3.63, 3.8) is 0 Å². The Kier molecular flexibility index (Phi) is 8.77. The lowest BCUT2D eigenvalue weighted by Gasteiger charge is -2.32. The molecular weight excluding hydrogens is 629 g/mol. The number of halogens is 5. The lowest BCUT2D eigenvalue weighted by molar-refractivity contribution is -0.147. The largest absolute Gasteiger partial charge is 0.481 e. The van der Waals surface area contributed by atoms with Crippen molar-refractivity contribution in [2.75, 3.05) is 0 Å². The SMILES string of the molecule is C[C@H](NS(=O)(=O)c1ccc(-c2sc(C(=O)NC3CC(C(=O)O)C3)nc2CC2CCC(F)(F)CC2)c2ccccc12)C(F)(F)F. The van der Waals surface area contributed by atoms with E-state index in [-0.39, 0.29) is 65.8 Å². The van der Waals surface area contributed by atoms with Crippen LogP contribution in [0.2, 0.25) is 0 Å². The molecule has 238 valence electrons. The maximum Gasteiger partial charge on any atom is 0.404 e. The van der Waals surface area contributed by atoms with Crippen molar-refractivity contribution in [2.24, 2.45) is 11.8 Å². The summed E-state index contributed by atoms with van der Waals surface area (Å²) in [7, 11) is -4.60. The minimum atomic E-state index is -4.80. The highest BCUT2D eigenvalue weighted by molar-refractivity contribution is 7.89. The number of carboxylic acid groups (broad SMARTS) is 1. The number of fused-ring (bicyclic) bond motifs is 1. The van der Waals surface area contributed by atoms with E-state index >= 15 is 0 Å². The first kappa shape index (κ1) is 32.2. The number of benzene rings is 2. The standard InChI is InChI=1S/C29H30F5N3O5S2/c1-15(29(32,33)34)37-44(41,42)23-7-6-21(19-4-2-3-5-20(19)23)24-22(12-16-8-10-28(30,31)11-9-16)36-26(43-24)25(38)35-18-13-17(14-18)27(39)40/h2-7,15-18,37H,8-14H2,1H3,(H,35,38)(H,39,40)/t15-,17?,18?/m0/s1. The third-order valence-corrected chi connectivity index (χ3v) is 11.0. The van der Waals surface area contributed by atoms with Gasteiger partial charge in [-0.05, 0) is 56.4 Å². The number of carbonyl (C=O) groups is 2. The van der Waals surface area contributed by atoms with Gasteiger partial charge in [0.05, 0.1) is 21.4 Å². The van der Waals surface area contributed by atoms with Gasteiger partial charge in [0.1, 0.15) is 6.04 Å². The summed E-state index contributed by atoms with van der Waals surface area (Å²) in [6.45, 7) is 0.705. The number of thiazole rings is 1. The van der Waals surface area contributed by atoms with E-state index in [1.165, 1.54) is 18.2 Å². The van der Waals surface area contributed by atoms with Crippen LogP contribution in [0.1, 0.15) is 60.9 Å². The Morgan fingerprint density at radius 3 is 2.34 bits per heavy atom. The number of alkyl halides is 5. The molecule has 0 radical (unpaired) electrons. The zero-order chi connectivity index (χ0) is 32.0. The fourth-order valence-electron chi connectivity index (χ4n) is 5.63. The molecule has 3 aromatic rings. The first-order valence-corrected chi connectivity index (χ1v) is 16.4. The summed E-state index contributed by atoms with van der Waals surface area (Å²) in [5, 5.41) is 12.5. The van der Waals surface area contributed by atoms with Crippen LogP contribution < -0.4 is 10.0 Å². The van der Waals surface area contributed by atoms with Gasteiger partial charge < -0.3 is 10.4 Å². The van der Waals surface area contributed by atoms with Gasteiger partial charge in [0.2, 0.25) is 15.9 Å². The molecule has 2 aromatic carbocycles. The Morgan fingerprint density at radius 1 is 1.09 bits per heavy atom. The van der Waals surface area contributed by atoms with Gasteiger partial charge >= 0.3 is 12.1 Å². The van der Waals surface area contributed by atoms with Gasteiger partial charge in [-0.15, -0.1) is 11.3 Å². The molecule has 44 heavy (non-hydrogen) atoms. The van der Waals surface area contributed by atoms with Crippen LogP contribution in [0.5, 0.6) is 0 Å². The maximum absolute atomic E-state index is 13.8. The van der Waals surface area contributed by atoms with E-state index in [4.69, 9.17) is 5.11 Å². The molecule has 2 fully saturated rings. The number of aromatic nitrogens is 1. The number of hydrogen-bond donors (Lipinski definition) is 3. The van der Waals surface area contributed by atoms with Crippen LogP contribution in [0.3, 0.4) is 0 Å². The molecular formula is C29H30F5N3O5S2. The van der Waals surface area contributed by atoms with Crippen LogP contribution >= 0.6 is 11.3 Å². The van der Waals surface area contributed by atoms with Crippen molar-refractivity contribution >= 4 is 44.0 Å². The van der Waals surface area contributed by atoms with E-state index in [9.17, 15) is 40.0 Å². The first-order chi connectivity index (χ1) is 20.5.